The standard InChI is InChI=1S/C15H15N5O/c1-9-7-18-19-15(21)13(9)10-2-3-11-12(6-10)17-8-20-5-4-16-14(11)20/h2-3,6-7,17H,4-5,8H2,1H3,(H,19,21). The summed E-state index contributed by atoms with van der Waals surface area (Å²) in [4.78, 5) is 18.8. The second-order valence-corrected chi connectivity index (χ2v) is 5.32. The Morgan fingerprint density at radius 2 is 2.24 bits per heavy atom. The van der Waals surface area contributed by atoms with Gasteiger partial charge >= 0.3 is 0 Å². The van der Waals surface area contributed by atoms with Gasteiger partial charge < -0.3 is 10.2 Å². The van der Waals surface area contributed by atoms with Crippen molar-refractivity contribution in [1.82, 2.24) is 15.1 Å². The van der Waals surface area contributed by atoms with Crippen molar-refractivity contribution in [2.75, 3.05) is 25.1 Å². The van der Waals surface area contributed by atoms with Crippen LogP contribution in [0.3, 0.4) is 0 Å². The molecule has 0 fully saturated rings. The maximum absolute atomic E-state index is 12.0. The molecule has 2 aliphatic heterocycles. The summed E-state index contributed by atoms with van der Waals surface area (Å²) < 4.78 is 0. The van der Waals surface area contributed by atoms with Crippen LogP contribution in [0.2, 0.25) is 0 Å². The molecule has 2 N–H and O–H groups in total. The van der Waals surface area contributed by atoms with E-state index in [1.165, 1.54) is 0 Å². The lowest BCUT2D eigenvalue weighted by molar-refractivity contribution is 0.484. The molecule has 0 amide bonds. The molecule has 0 saturated heterocycles. The predicted octanol–water partition coefficient (Wildman–Crippen LogP) is 1.19. The third-order valence-corrected chi connectivity index (χ3v) is 3.99. The first kappa shape index (κ1) is 12.1. The van der Waals surface area contributed by atoms with Crippen molar-refractivity contribution in [3.63, 3.8) is 0 Å². The Kier molecular flexibility index (Phi) is 2.57. The summed E-state index contributed by atoms with van der Waals surface area (Å²) in [5.74, 6) is 1.05. The topological polar surface area (TPSA) is 73.4 Å². The Hall–Kier alpha value is -2.63. The van der Waals surface area contributed by atoms with Gasteiger partial charge in [-0.05, 0) is 30.2 Å². The van der Waals surface area contributed by atoms with Crippen LogP contribution >= 0.6 is 0 Å². The van der Waals surface area contributed by atoms with Gasteiger partial charge in [0.15, 0.2) is 0 Å². The van der Waals surface area contributed by atoms with Crippen LogP contribution < -0.4 is 10.9 Å². The molecule has 3 heterocycles. The first-order valence-corrected chi connectivity index (χ1v) is 6.96. The van der Waals surface area contributed by atoms with Gasteiger partial charge in [0.25, 0.3) is 5.56 Å². The average Bonchev–Trinajstić information content (AvgIpc) is 2.95. The minimum absolute atomic E-state index is 0.161. The molecule has 0 aliphatic carbocycles. The number of aryl methyl sites for hydroxylation is 1. The number of aromatic nitrogens is 2. The minimum Gasteiger partial charge on any atom is -0.367 e. The van der Waals surface area contributed by atoms with Crippen LogP contribution in [0.5, 0.6) is 0 Å². The number of anilines is 1. The van der Waals surface area contributed by atoms with Crippen LogP contribution in [0.1, 0.15) is 11.1 Å². The molecule has 4 rings (SSSR count). The molecular formula is C15H15N5O. The molecule has 0 saturated carbocycles. The molecule has 6 heteroatoms. The SMILES string of the molecule is Cc1cn[nH]c(=O)c1-c1ccc2c(c1)NCN1CCN=C21. The Balaban J connectivity index is 1.86. The lowest BCUT2D eigenvalue weighted by Crippen LogP contribution is -2.37. The van der Waals surface area contributed by atoms with Crippen LogP contribution in [0.4, 0.5) is 5.69 Å². The van der Waals surface area contributed by atoms with E-state index in [0.29, 0.717) is 5.56 Å². The van der Waals surface area contributed by atoms with Gasteiger partial charge in [0.05, 0.1) is 25.0 Å². The summed E-state index contributed by atoms with van der Waals surface area (Å²) in [5, 5.41) is 9.72. The van der Waals surface area contributed by atoms with Crippen LogP contribution in [0, 0.1) is 6.92 Å². The van der Waals surface area contributed by atoms with Gasteiger partial charge in [-0.15, -0.1) is 0 Å². The van der Waals surface area contributed by atoms with E-state index < -0.39 is 0 Å². The number of rotatable bonds is 1. The molecule has 0 bridgehead atoms. The van der Waals surface area contributed by atoms with Crippen molar-refractivity contribution in [1.29, 1.82) is 0 Å². The summed E-state index contributed by atoms with van der Waals surface area (Å²) >= 11 is 0. The van der Waals surface area contributed by atoms with Crippen molar-refractivity contribution in [2.24, 2.45) is 4.99 Å². The summed E-state index contributed by atoms with van der Waals surface area (Å²) in [7, 11) is 0. The summed E-state index contributed by atoms with van der Waals surface area (Å²) in [6.07, 6.45) is 1.67. The number of benzene rings is 1. The molecular weight excluding hydrogens is 266 g/mol. The number of nitrogens with one attached hydrogen (secondary N) is 2. The van der Waals surface area contributed by atoms with Crippen molar-refractivity contribution in [3.8, 4) is 11.1 Å². The van der Waals surface area contributed by atoms with E-state index in [2.05, 4.69) is 25.4 Å². The number of hydrogen-bond acceptors (Lipinski definition) is 5. The highest BCUT2D eigenvalue weighted by Crippen LogP contribution is 2.29. The number of amidine groups is 1. The number of fused-ring (bicyclic) bond motifs is 3. The smallest absolute Gasteiger partial charge is 0.272 e. The lowest BCUT2D eigenvalue weighted by atomic mass is 9.99. The van der Waals surface area contributed by atoms with E-state index in [-0.39, 0.29) is 5.56 Å². The Bertz CT molecular complexity index is 808. The van der Waals surface area contributed by atoms with E-state index in [9.17, 15) is 4.79 Å². The third-order valence-electron chi connectivity index (χ3n) is 3.99. The molecule has 0 unspecified atom stereocenters. The molecule has 6 nitrogen and oxygen atoms in total. The first-order valence-electron chi connectivity index (χ1n) is 6.96. The van der Waals surface area contributed by atoms with Gasteiger partial charge in [0.1, 0.15) is 5.84 Å². The molecule has 106 valence electrons. The number of H-pyrrole nitrogens is 1. The summed E-state index contributed by atoms with van der Waals surface area (Å²) in [6.45, 7) is 4.47. The zero-order chi connectivity index (χ0) is 14.4. The van der Waals surface area contributed by atoms with Gasteiger partial charge in [0, 0.05) is 17.8 Å². The quantitative estimate of drug-likeness (QED) is 0.823. The highest BCUT2D eigenvalue weighted by atomic mass is 16.1. The maximum atomic E-state index is 12.0. The molecule has 0 spiro atoms. The van der Waals surface area contributed by atoms with Gasteiger partial charge in [-0.25, -0.2) is 5.10 Å². The first-order chi connectivity index (χ1) is 10.2. The fourth-order valence-corrected chi connectivity index (χ4v) is 2.96. The normalized spacial score (nSPS) is 16.0. The molecule has 0 radical (unpaired) electrons. The number of hydrogen-bond donors (Lipinski definition) is 2. The molecule has 2 aliphatic rings. The van der Waals surface area contributed by atoms with Crippen molar-refractivity contribution >= 4 is 11.5 Å². The monoisotopic (exact) mass is 281 g/mol. The van der Waals surface area contributed by atoms with Crippen molar-refractivity contribution in [2.45, 2.75) is 6.92 Å². The third kappa shape index (κ3) is 1.83. The fourth-order valence-electron chi connectivity index (χ4n) is 2.96. The predicted molar refractivity (Wildman–Crippen MR) is 81.6 cm³/mol. The van der Waals surface area contributed by atoms with E-state index >= 15 is 0 Å². The zero-order valence-electron chi connectivity index (χ0n) is 11.7. The number of aliphatic imine (C=N–C) groups is 1. The van der Waals surface area contributed by atoms with Crippen molar-refractivity contribution in [3.05, 3.63) is 45.9 Å². The fraction of sp³-hybridized carbons (Fsp3) is 0.267. The Labute approximate surface area is 121 Å². The summed E-state index contributed by atoms with van der Waals surface area (Å²) in [6, 6.07) is 6.03. The van der Waals surface area contributed by atoms with Crippen LogP contribution in [0.15, 0.2) is 34.2 Å². The Morgan fingerprint density at radius 3 is 3.10 bits per heavy atom. The summed E-state index contributed by atoms with van der Waals surface area (Å²) in [5.41, 5.74) is 4.41. The maximum Gasteiger partial charge on any atom is 0.272 e. The van der Waals surface area contributed by atoms with Crippen LogP contribution in [-0.4, -0.2) is 40.7 Å². The molecule has 21 heavy (non-hydrogen) atoms. The Morgan fingerprint density at radius 1 is 1.33 bits per heavy atom. The highest BCUT2D eigenvalue weighted by Gasteiger charge is 2.25. The lowest BCUT2D eigenvalue weighted by Gasteiger charge is -2.29. The van der Waals surface area contributed by atoms with E-state index in [0.717, 1.165) is 48.0 Å². The second kappa shape index (κ2) is 4.44. The second-order valence-electron chi connectivity index (χ2n) is 5.32. The average molecular weight is 281 g/mol. The number of nitrogens with zero attached hydrogens (tertiary/aromatic N) is 3. The van der Waals surface area contributed by atoms with Crippen molar-refractivity contribution < 1.29 is 0 Å². The number of aromatic amines is 1. The van der Waals surface area contributed by atoms with Gasteiger partial charge in [-0.3, -0.25) is 9.79 Å². The van der Waals surface area contributed by atoms with E-state index in [4.69, 9.17) is 0 Å². The van der Waals surface area contributed by atoms with Gasteiger partial charge in [0.2, 0.25) is 0 Å². The van der Waals surface area contributed by atoms with E-state index in [1.807, 2.05) is 25.1 Å². The molecule has 1 aromatic carbocycles. The molecule has 2 aromatic rings. The molecule has 1 aromatic heterocycles. The van der Waals surface area contributed by atoms with E-state index in [1.54, 1.807) is 6.20 Å². The molecule has 0 atom stereocenters. The van der Waals surface area contributed by atoms with Gasteiger partial charge in [-0.2, -0.15) is 5.10 Å². The van der Waals surface area contributed by atoms with Gasteiger partial charge in [-0.1, -0.05) is 6.07 Å². The largest absolute Gasteiger partial charge is 0.367 e. The minimum atomic E-state index is -0.161. The zero-order valence-corrected chi connectivity index (χ0v) is 11.7. The highest BCUT2D eigenvalue weighted by molar-refractivity contribution is 6.06. The van der Waals surface area contributed by atoms with Crippen LogP contribution in [0.25, 0.3) is 11.1 Å². The van der Waals surface area contributed by atoms with Crippen LogP contribution in [-0.2, 0) is 0 Å².